The van der Waals surface area contributed by atoms with Crippen LogP contribution < -0.4 is 25.6 Å². The van der Waals surface area contributed by atoms with E-state index >= 15 is 0 Å². The van der Waals surface area contributed by atoms with Crippen LogP contribution in [0.3, 0.4) is 0 Å². The number of para-hydroxylation sites is 1. The van der Waals surface area contributed by atoms with Gasteiger partial charge in [0.1, 0.15) is 17.0 Å². The summed E-state index contributed by atoms with van der Waals surface area (Å²) in [4.78, 5) is 12.6. The van der Waals surface area contributed by atoms with Gasteiger partial charge in [0.05, 0.1) is 11.1 Å². The Morgan fingerprint density at radius 2 is 1.03 bits per heavy atom. The summed E-state index contributed by atoms with van der Waals surface area (Å²) in [6.45, 7) is 0. The zero-order valence-electron chi connectivity index (χ0n) is 34.9. The van der Waals surface area contributed by atoms with Gasteiger partial charge >= 0.3 is 0 Å². The molecule has 1 aliphatic heterocycles. The highest BCUT2D eigenvalue weighted by molar-refractivity contribution is 7.22. The fourth-order valence-corrected chi connectivity index (χ4v) is 15.8. The average molecular weight is 836 g/mol. The Balaban J connectivity index is 1.19. The third-order valence-electron chi connectivity index (χ3n) is 13.2. The van der Waals surface area contributed by atoms with Crippen molar-refractivity contribution in [2.24, 2.45) is 0 Å². The standard InChI is InChI=1S/C59H41N3OSi/c1-5-21-43(22-6-1)59(44-23-7-2-8-24-44,45-25-17-20-42(40-45)51-33-15-16-38-60-51)46-26-18-27-47(41-46)62-52-36-37-54-56(50-32-13-14-34-53(50)63-54)57(52)64(48-28-9-3-10-29-48,49-30-11-4-12-31-49)55-35-19-39-61-58(55)62/h1-41H. The van der Waals surface area contributed by atoms with E-state index in [2.05, 4.69) is 235 Å². The molecule has 302 valence electrons. The monoisotopic (exact) mass is 835 g/mol. The molecule has 5 heteroatoms. The minimum Gasteiger partial charge on any atom is -0.456 e. The summed E-state index contributed by atoms with van der Waals surface area (Å²) in [6, 6.07) is 85.7. The lowest BCUT2D eigenvalue weighted by Gasteiger charge is -2.45. The zero-order chi connectivity index (χ0) is 42.5. The van der Waals surface area contributed by atoms with Crippen molar-refractivity contribution in [2.45, 2.75) is 5.41 Å². The molecule has 0 saturated carbocycles. The molecule has 8 aromatic carbocycles. The van der Waals surface area contributed by atoms with Gasteiger partial charge in [-0.3, -0.25) is 9.88 Å². The van der Waals surface area contributed by atoms with Gasteiger partial charge in [-0.05, 0) is 97.6 Å². The molecule has 64 heavy (non-hydrogen) atoms. The maximum atomic E-state index is 6.75. The normalized spacial score (nSPS) is 13.1. The Labute approximate surface area is 373 Å². The van der Waals surface area contributed by atoms with Crippen molar-refractivity contribution in [1.82, 2.24) is 9.97 Å². The summed E-state index contributed by atoms with van der Waals surface area (Å²) in [7, 11) is -3.11. The van der Waals surface area contributed by atoms with Gasteiger partial charge in [-0.25, -0.2) is 4.98 Å². The van der Waals surface area contributed by atoms with Gasteiger partial charge in [0.2, 0.25) is 0 Å². The molecule has 0 unspecified atom stereocenters. The van der Waals surface area contributed by atoms with Crippen LogP contribution in [0.5, 0.6) is 0 Å². The van der Waals surface area contributed by atoms with Crippen molar-refractivity contribution in [3.05, 3.63) is 271 Å². The highest BCUT2D eigenvalue weighted by atomic mass is 28.3. The fourth-order valence-electron chi connectivity index (χ4n) is 10.6. The molecular weight excluding hydrogens is 795 g/mol. The Hall–Kier alpha value is -8.12. The van der Waals surface area contributed by atoms with E-state index in [1.54, 1.807) is 0 Å². The number of rotatable bonds is 8. The van der Waals surface area contributed by atoms with E-state index in [9.17, 15) is 0 Å². The number of hydrogen-bond donors (Lipinski definition) is 0. The number of furan rings is 1. The molecule has 0 radical (unpaired) electrons. The summed E-state index contributed by atoms with van der Waals surface area (Å²) < 4.78 is 6.75. The molecule has 4 heterocycles. The number of hydrogen-bond acceptors (Lipinski definition) is 4. The fraction of sp³-hybridized carbons (Fsp3) is 0.0169. The number of fused-ring (bicyclic) bond motifs is 6. The molecular formula is C59H41N3OSi. The molecule has 0 fully saturated rings. The van der Waals surface area contributed by atoms with Crippen molar-refractivity contribution in [1.29, 1.82) is 0 Å². The second-order valence-corrected chi connectivity index (χ2v) is 20.1. The topological polar surface area (TPSA) is 42.2 Å². The molecule has 1 aliphatic rings. The maximum absolute atomic E-state index is 6.75. The molecule has 0 bridgehead atoms. The van der Waals surface area contributed by atoms with Crippen LogP contribution in [0.25, 0.3) is 33.2 Å². The summed E-state index contributed by atoms with van der Waals surface area (Å²) in [5, 5.41) is 7.37. The summed E-state index contributed by atoms with van der Waals surface area (Å²) >= 11 is 0. The average Bonchev–Trinajstić information content (AvgIpc) is 3.77. The molecule has 0 N–H and O–H groups in total. The first kappa shape index (κ1) is 37.6. The minimum atomic E-state index is -3.11. The second kappa shape index (κ2) is 15.3. The molecule has 11 aromatic rings. The van der Waals surface area contributed by atoms with Gasteiger partial charge in [0, 0.05) is 40.1 Å². The predicted molar refractivity (Wildman–Crippen MR) is 265 cm³/mol. The quantitative estimate of drug-likeness (QED) is 0.113. The lowest BCUT2D eigenvalue weighted by molar-refractivity contribution is 0.669. The van der Waals surface area contributed by atoms with Crippen molar-refractivity contribution in [3.63, 3.8) is 0 Å². The van der Waals surface area contributed by atoms with Crippen LogP contribution in [0, 0.1) is 0 Å². The first-order valence-corrected chi connectivity index (χ1v) is 23.8. The number of pyridine rings is 2. The van der Waals surface area contributed by atoms with Crippen molar-refractivity contribution in [2.75, 3.05) is 4.90 Å². The van der Waals surface area contributed by atoms with E-state index in [0.717, 1.165) is 61.5 Å². The van der Waals surface area contributed by atoms with Crippen LogP contribution in [0.2, 0.25) is 0 Å². The van der Waals surface area contributed by atoms with Gasteiger partial charge < -0.3 is 4.42 Å². The Morgan fingerprint density at radius 1 is 0.438 bits per heavy atom. The van der Waals surface area contributed by atoms with E-state index < -0.39 is 13.5 Å². The van der Waals surface area contributed by atoms with Crippen LogP contribution in [0.4, 0.5) is 17.2 Å². The Bertz CT molecular complexity index is 3370. The van der Waals surface area contributed by atoms with E-state index in [-0.39, 0.29) is 0 Å². The summed E-state index contributed by atoms with van der Waals surface area (Å²) in [5.41, 5.74) is 9.77. The number of benzene rings is 8. The van der Waals surface area contributed by atoms with Crippen molar-refractivity contribution >= 4 is 68.0 Å². The van der Waals surface area contributed by atoms with Gasteiger partial charge in [0.25, 0.3) is 0 Å². The van der Waals surface area contributed by atoms with Crippen LogP contribution in [-0.4, -0.2) is 18.0 Å². The van der Waals surface area contributed by atoms with Gasteiger partial charge in [-0.2, -0.15) is 0 Å². The third-order valence-corrected chi connectivity index (χ3v) is 18.0. The third kappa shape index (κ3) is 5.68. The lowest BCUT2D eigenvalue weighted by atomic mass is 9.65. The highest BCUT2D eigenvalue weighted by Gasteiger charge is 2.51. The summed E-state index contributed by atoms with van der Waals surface area (Å²) in [5.74, 6) is 0.931. The maximum Gasteiger partial charge on any atom is 0.187 e. The second-order valence-electron chi connectivity index (χ2n) is 16.5. The molecule has 0 aliphatic carbocycles. The van der Waals surface area contributed by atoms with E-state index in [4.69, 9.17) is 14.4 Å². The first-order valence-electron chi connectivity index (χ1n) is 21.8. The SMILES string of the molecule is c1ccc(C(c2ccccc2)(c2cccc(-c3ccccn3)c2)c2cccc(N3c4ccc5oc6ccccc6c5c4[Si](c4ccccc4)(c4ccccc4)c4cccnc43)c2)cc1. The van der Waals surface area contributed by atoms with Crippen LogP contribution in [0.1, 0.15) is 22.3 Å². The van der Waals surface area contributed by atoms with Crippen molar-refractivity contribution in [3.8, 4) is 11.3 Å². The van der Waals surface area contributed by atoms with Crippen LogP contribution in [0.15, 0.2) is 253 Å². The lowest BCUT2D eigenvalue weighted by Crippen LogP contribution is -2.77. The molecule has 0 atom stereocenters. The number of anilines is 3. The van der Waals surface area contributed by atoms with Crippen LogP contribution >= 0.6 is 0 Å². The molecule has 0 amide bonds. The molecule has 0 saturated heterocycles. The zero-order valence-corrected chi connectivity index (χ0v) is 35.9. The molecule has 4 nitrogen and oxygen atoms in total. The summed E-state index contributed by atoms with van der Waals surface area (Å²) in [6.07, 6.45) is 3.81. The Kier molecular flexibility index (Phi) is 9.02. The number of nitrogens with zero attached hydrogens (tertiary/aromatic N) is 3. The largest absolute Gasteiger partial charge is 0.456 e. The number of aromatic nitrogens is 2. The predicted octanol–water partition coefficient (Wildman–Crippen LogP) is 11.6. The van der Waals surface area contributed by atoms with Crippen molar-refractivity contribution < 1.29 is 4.42 Å². The van der Waals surface area contributed by atoms with Gasteiger partial charge in [-0.15, -0.1) is 0 Å². The van der Waals surface area contributed by atoms with E-state index in [1.165, 1.54) is 31.9 Å². The first-order chi connectivity index (χ1) is 31.8. The Morgan fingerprint density at radius 3 is 1.72 bits per heavy atom. The smallest absolute Gasteiger partial charge is 0.187 e. The van der Waals surface area contributed by atoms with Crippen LogP contribution in [-0.2, 0) is 5.41 Å². The molecule has 3 aromatic heterocycles. The van der Waals surface area contributed by atoms with E-state index in [1.807, 2.05) is 18.5 Å². The minimum absolute atomic E-state index is 0.716. The highest BCUT2D eigenvalue weighted by Crippen LogP contribution is 2.48. The molecule has 12 rings (SSSR count). The van der Waals surface area contributed by atoms with Gasteiger partial charge in [-0.1, -0.05) is 182 Å². The van der Waals surface area contributed by atoms with E-state index in [0.29, 0.717) is 0 Å². The van der Waals surface area contributed by atoms with Gasteiger partial charge in [0.15, 0.2) is 8.07 Å². The molecule has 0 spiro atoms.